The number of rotatable bonds is 7. The molecule has 0 radical (unpaired) electrons. The number of carbonyl (C=O) groups is 1. The smallest absolute Gasteiger partial charge is 0.406 e. The lowest BCUT2D eigenvalue weighted by atomic mass is 9.93. The summed E-state index contributed by atoms with van der Waals surface area (Å²) in [5, 5.41) is 12.2. The lowest BCUT2D eigenvalue weighted by Crippen LogP contribution is -2.24. The lowest BCUT2D eigenvalue weighted by Gasteiger charge is -2.13. The molecule has 0 aliphatic heterocycles. The Morgan fingerprint density at radius 2 is 1.90 bits per heavy atom. The van der Waals surface area contributed by atoms with E-state index in [0.29, 0.717) is 34.4 Å². The van der Waals surface area contributed by atoms with E-state index in [-0.39, 0.29) is 11.7 Å². The topological polar surface area (TPSA) is 62.1 Å². The fourth-order valence-corrected chi connectivity index (χ4v) is 2.90. The van der Waals surface area contributed by atoms with Crippen LogP contribution in [0.4, 0.5) is 13.2 Å². The Kier molecular flexibility index (Phi) is 7.65. The largest absolute Gasteiger partial charge is 0.573 e. The minimum atomic E-state index is -4.76. The fourth-order valence-electron chi connectivity index (χ4n) is 2.90. The Bertz CT molecular complexity index is 972. The second-order valence-electron chi connectivity index (χ2n) is 6.86. The number of hydrogen-bond acceptors (Lipinski definition) is 3. The van der Waals surface area contributed by atoms with E-state index in [1.54, 1.807) is 25.1 Å². The zero-order valence-electron chi connectivity index (χ0n) is 17.1. The zero-order chi connectivity index (χ0) is 22.3. The van der Waals surface area contributed by atoms with Gasteiger partial charge in [-0.1, -0.05) is 25.5 Å². The molecule has 1 amide bonds. The van der Waals surface area contributed by atoms with Gasteiger partial charge in [0.2, 0.25) is 5.91 Å². The number of amides is 1. The van der Waals surface area contributed by atoms with Crippen LogP contribution in [0, 0.1) is 18.3 Å². The third-order valence-electron chi connectivity index (χ3n) is 4.52. The Balaban J connectivity index is 2.38. The maximum Gasteiger partial charge on any atom is 0.573 e. The van der Waals surface area contributed by atoms with Gasteiger partial charge in [-0.05, 0) is 72.9 Å². The normalized spacial score (nSPS) is 11.7. The molecule has 1 N–H and O–H groups in total. The van der Waals surface area contributed by atoms with Crippen LogP contribution in [0.15, 0.2) is 42.0 Å². The third-order valence-corrected chi connectivity index (χ3v) is 4.52. The van der Waals surface area contributed by atoms with Gasteiger partial charge in [0.1, 0.15) is 5.75 Å². The van der Waals surface area contributed by atoms with Crippen LogP contribution in [0.3, 0.4) is 0 Å². The first-order chi connectivity index (χ1) is 14.1. The number of nitrogens with one attached hydrogen (secondary N) is 1. The molecule has 0 unspecified atom stereocenters. The van der Waals surface area contributed by atoms with E-state index in [9.17, 15) is 23.2 Å². The number of benzene rings is 2. The summed E-state index contributed by atoms with van der Waals surface area (Å²) in [6, 6.07) is 10.9. The van der Waals surface area contributed by atoms with Crippen LogP contribution < -0.4 is 10.1 Å². The summed E-state index contributed by atoms with van der Waals surface area (Å²) in [5.41, 5.74) is 3.72. The first kappa shape index (κ1) is 23.0. The van der Waals surface area contributed by atoms with Gasteiger partial charge in [0.15, 0.2) is 0 Å². The van der Waals surface area contributed by atoms with E-state index in [4.69, 9.17) is 0 Å². The molecular weight excluding hydrogens is 393 g/mol. The average molecular weight is 416 g/mol. The van der Waals surface area contributed by atoms with Crippen molar-refractivity contribution in [3.05, 3.63) is 58.7 Å². The predicted octanol–water partition coefficient (Wildman–Crippen LogP) is 5.75. The van der Waals surface area contributed by atoms with Gasteiger partial charge >= 0.3 is 6.36 Å². The van der Waals surface area contributed by atoms with Crippen molar-refractivity contribution in [2.24, 2.45) is 0 Å². The van der Waals surface area contributed by atoms with Gasteiger partial charge in [-0.2, -0.15) is 5.26 Å². The number of ether oxygens (including phenoxy) is 1. The molecule has 2 rings (SSSR count). The van der Waals surface area contributed by atoms with Gasteiger partial charge in [0.25, 0.3) is 0 Å². The van der Waals surface area contributed by atoms with Crippen molar-refractivity contribution in [3.8, 4) is 22.9 Å². The van der Waals surface area contributed by atoms with Crippen molar-refractivity contribution in [1.82, 2.24) is 5.32 Å². The highest BCUT2D eigenvalue weighted by Gasteiger charge is 2.31. The monoisotopic (exact) mass is 416 g/mol. The van der Waals surface area contributed by atoms with E-state index < -0.39 is 6.36 Å². The maximum atomic E-state index is 12.4. The Morgan fingerprint density at radius 1 is 1.23 bits per heavy atom. The maximum absolute atomic E-state index is 12.4. The second-order valence-corrected chi connectivity index (χ2v) is 6.86. The number of halogens is 3. The highest BCUT2D eigenvalue weighted by Crippen LogP contribution is 2.31. The van der Waals surface area contributed by atoms with Crippen LogP contribution in [0.1, 0.15) is 43.4 Å². The number of hydrogen-bond donors (Lipinski definition) is 1. The Hall–Kier alpha value is -3.27. The number of alkyl halides is 3. The Labute approximate surface area is 174 Å². The Morgan fingerprint density at radius 3 is 2.47 bits per heavy atom. The van der Waals surface area contributed by atoms with Crippen molar-refractivity contribution in [2.45, 2.75) is 40.0 Å². The molecule has 7 heteroatoms. The summed E-state index contributed by atoms with van der Waals surface area (Å²) < 4.78 is 41.0. The third kappa shape index (κ3) is 6.38. The number of carbonyl (C=O) groups excluding carboxylic acids is 1. The minimum Gasteiger partial charge on any atom is -0.406 e. The van der Waals surface area contributed by atoms with Crippen molar-refractivity contribution in [3.63, 3.8) is 0 Å². The number of nitriles is 1. The van der Waals surface area contributed by atoms with E-state index in [2.05, 4.69) is 16.1 Å². The van der Waals surface area contributed by atoms with Gasteiger partial charge in [-0.25, -0.2) is 0 Å². The van der Waals surface area contributed by atoms with E-state index in [1.165, 1.54) is 24.3 Å². The van der Waals surface area contributed by atoms with Crippen molar-refractivity contribution < 1.29 is 22.7 Å². The molecule has 0 saturated heterocycles. The van der Waals surface area contributed by atoms with Gasteiger partial charge in [0.05, 0.1) is 11.6 Å². The lowest BCUT2D eigenvalue weighted by molar-refractivity contribution is -0.274. The fraction of sp³-hybridized carbons (Fsp3) is 0.304. The van der Waals surface area contributed by atoms with Crippen molar-refractivity contribution in [2.75, 3.05) is 6.54 Å². The summed E-state index contributed by atoms with van der Waals surface area (Å²) in [6.45, 7) is 6.16. The summed E-state index contributed by atoms with van der Waals surface area (Å²) in [7, 11) is 0. The van der Waals surface area contributed by atoms with E-state index in [1.807, 2.05) is 13.8 Å². The molecule has 0 aromatic heterocycles. The predicted molar refractivity (Wildman–Crippen MR) is 110 cm³/mol. The van der Waals surface area contributed by atoms with Crippen LogP contribution in [0.2, 0.25) is 0 Å². The standard InChI is InChI=1S/C23H23F3N2O2/c1-4-5-10-28-22(29)15(2)11-19-12-17(14-27)13-21(16(19)3)18-6-8-20(9-7-18)30-23(24,25)26/h6-9,11-13H,4-5,10H2,1-3H3,(H,28,29)/b15-11+. The number of unbranched alkanes of at least 4 members (excludes halogenated alkanes) is 1. The molecule has 2 aromatic rings. The average Bonchev–Trinajstić information content (AvgIpc) is 2.69. The second kappa shape index (κ2) is 9.97. The minimum absolute atomic E-state index is 0.180. The molecule has 0 aliphatic rings. The molecule has 30 heavy (non-hydrogen) atoms. The molecule has 0 spiro atoms. The summed E-state index contributed by atoms with van der Waals surface area (Å²) >= 11 is 0. The quantitative estimate of drug-likeness (QED) is 0.462. The van der Waals surface area contributed by atoms with Crippen LogP contribution >= 0.6 is 0 Å². The molecule has 0 atom stereocenters. The van der Waals surface area contributed by atoms with Crippen molar-refractivity contribution >= 4 is 12.0 Å². The summed E-state index contributed by atoms with van der Waals surface area (Å²) in [5.74, 6) is -0.500. The summed E-state index contributed by atoms with van der Waals surface area (Å²) in [6.07, 6.45) is -1.18. The molecular formula is C23H23F3N2O2. The molecule has 2 aromatic carbocycles. The van der Waals surface area contributed by atoms with Crippen LogP contribution in [-0.4, -0.2) is 18.8 Å². The zero-order valence-corrected chi connectivity index (χ0v) is 17.1. The van der Waals surface area contributed by atoms with Crippen LogP contribution in [0.5, 0.6) is 5.75 Å². The summed E-state index contributed by atoms with van der Waals surface area (Å²) in [4.78, 5) is 12.2. The van der Waals surface area contributed by atoms with Crippen LogP contribution in [0.25, 0.3) is 17.2 Å². The molecule has 0 aliphatic carbocycles. The first-order valence-electron chi connectivity index (χ1n) is 9.52. The van der Waals surface area contributed by atoms with Gasteiger partial charge in [0, 0.05) is 12.1 Å². The SMILES string of the molecule is CCCCNC(=O)/C(C)=C/c1cc(C#N)cc(-c2ccc(OC(F)(F)F)cc2)c1C. The molecule has 0 heterocycles. The van der Waals surface area contributed by atoms with E-state index in [0.717, 1.165) is 18.4 Å². The first-order valence-corrected chi connectivity index (χ1v) is 9.52. The molecule has 158 valence electrons. The molecule has 0 bridgehead atoms. The van der Waals surface area contributed by atoms with Gasteiger partial charge < -0.3 is 10.1 Å². The van der Waals surface area contributed by atoms with Crippen LogP contribution in [-0.2, 0) is 4.79 Å². The van der Waals surface area contributed by atoms with E-state index >= 15 is 0 Å². The highest BCUT2D eigenvalue weighted by atomic mass is 19.4. The molecule has 0 saturated carbocycles. The number of nitrogens with zero attached hydrogens (tertiary/aromatic N) is 1. The van der Waals surface area contributed by atoms with Gasteiger partial charge in [-0.15, -0.1) is 13.2 Å². The van der Waals surface area contributed by atoms with Gasteiger partial charge in [-0.3, -0.25) is 4.79 Å². The molecule has 4 nitrogen and oxygen atoms in total. The highest BCUT2D eigenvalue weighted by molar-refractivity contribution is 5.97. The molecule has 0 fully saturated rings. The van der Waals surface area contributed by atoms with Crippen molar-refractivity contribution in [1.29, 1.82) is 5.26 Å².